The maximum Gasteiger partial charge on any atom is 0.220 e. The highest BCUT2D eigenvalue weighted by molar-refractivity contribution is 5.76. The number of unbranched alkanes of at least 4 members (excludes halogenated alkanes) is 27. The molecule has 2 saturated heterocycles. The summed E-state index contributed by atoms with van der Waals surface area (Å²) >= 11 is 0. The fourth-order valence-electron chi connectivity index (χ4n) is 9.33. The first-order valence-electron chi connectivity index (χ1n) is 28.1. The van der Waals surface area contributed by atoms with E-state index in [0.717, 1.165) is 57.8 Å². The van der Waals surface area contributed by atoms with Crippen molar-refractivity contribution in [3.05, 3.63) is 24.3 Å². The van der Waals surface area contributed by atoms with Crippen LogP contribution in [0.15, 0.2) is 24.3 Å². The Labute approximate surface area is 418 Å². The molecule has 69 heavy (non-hydrogen) atoms. The molecule has 0 aromatic rings. The fourth-order valence-corrected chi connectivity index (χ4v) is 9.33. The maximum absolute atomic E-state index is 13.2. The van der Waals surface area contributed by atoms with Gasteiger partial charge in [-0.05, 0) is 44.9 Å². The molecule has 0 bridgehead atoms. The van der Waals surface area contributed by atoms with Crippen LogP contribution in [-0.2, 0) is 23.7 Å². The standard InChI is InChI=1S/C55H103NO13/c1-3-5-7-9-11-13-15-17-19-21-23-25-27-29-31-33-35-37-39-47(60)56-43(44(59)38-36-34-32-30-28-26-24-22-20-18-16-14-12-10-8-6-4-2)42-66-54-52(65)50(63)53(46(41-58)68-54)69-55-51(64)49(62)48(61)45(40-57)67-55/h13,15,19,21,43-46,48-55,57-59,61-65H,3-12,14,16-18,20,22-42H2,1-2H3,(H,56,60)/b15-13-,21-19-. The summed E-state index contributed by atoms with van der Waals surface area (Å²) in [4.78, 5) is 13.2. The van der Waals surface area contributed by atoms with Gasteiger partial charge in [0.05, 0.1) is 32.0 Å². The minimum Gasteiger partial charge on any atom is -0.394 e. The number of allylic oxidation sites excluding steroid dienone is 4. The van der Waals surface area contributed by atoms with E-state index in [1.807, 2.05) is 0 Å². The van der Waals surface area contributed by atoms with E-state index >= 15 is 0 Å². The van der Waals surface area contributed by atoms with E-state index in [9.17, 15) is 45.6 Å². The van der Waals surface area contributed by atoms with Gasteiger partial charge in [-0.25, -0.2) is 0 Å². The smallest absolute Gasteiger partial charge is 0.220 e. The zero-order valence-corrected chi connectivity index (χ0v) is 43.3. The van der Waals surface area contributed by atoms with Crippen molar-refractivity contribution in [1.82, 2.24) is 5.32 Å². The Morgan fingerprint density at radius 1 is 0.522 bits per heavy atom. The third kappa shape index (κ3) is 28.5. The number of aliphatic hydroxyl groups excluding tert-OH is 8. The molecule has 406 valence electrons. The van der Waals surface area contributed by atoms with Gasteiger partial charge in [-0.3, -0.25) is 4.79 Å². The maximum atomic E-state index is 13.2. The third-order valence-corrected chi connectivity index (χ3v) is 13.9. The van der Waals surface area contributed by atoms with Crippen LogP contribution in [-0.4, -0.2) is 140 Å². The molecule has 1 amide bonds. The lowest BCUT2D eigenvalue weighted by atomic mass is 9.97. The van der Waals surface area contributed by atoms with Gasteiger partial charge in [-0.1, -0.05) is 199 Å². The molecule has 9 N–H and O–H groups in total. The Kier molecular flexibility index (Phi) is 38.6. The first kappa shape index (κ1) is 63.6. The molecule has 0 aromatic carbocycles. The average Bonchev–Trinajstić information content (AvgIpc) is 3.35. The number of hydrogen-bond acceptors (Lipinski definition) is 13. The number of amides is 1. The molecule has 0 aliphatic carbocycles. The van der Waals surface area contributed by atoms with E-state index < -0.39 is 86.8 Å². The molecule has 2 heterocycles. The molecule has 0 aromatic heterocycles. The van der Waals surface area contributed by atoms with Gasteiger partial charge in [0, 0.05) is 6.42 Å². The number of nitrogens with one attached hydrogen (secondary N) is 1. The molecule has 12 unspecified atom stereocenters. The van der Waals surface area contributed by atoms with Crippen LogP contribution in [0.2, 0.25) is 0 Å². The van der Waals surface area contributed by atoms with Crippen LogP contribution < -0.4 is 5.32 Å². The van der Waals surface area contributed by atoms with E-state index in [1.54, 1.807) is 0 Å². The van der Waals surface area contributed by atoms with Crippen molar-refractivity contribution in [2.45, 2.75) is 299 Å². The summed E-state index contributed by atoms with van der Waals surface area (Å²) in [6.07, 6.45) is 30.2. The van der Waals surface area contributed by atoms with Crippen molar-refractivity contribution in [2.75, 3.05) is 19.8 Å². The van der Waals surface area contributed by atoms with E-state index in [1.165, 1.54) is 135 Å². The summed E-state index contributed by atoms with van der Waals surface area (Å²) < 4.78 is 22.8. The molecule has 14 nitrogen and oxygen atoms in total. The Morgan fingerprint density at radius 2 is 0.957 bits per heavy atom. The Hall–Kier alpha value is -1.53. The van der Waals surface area contributed by atoms with Crippen LogP contribution in [0.5, 0.6) is 0 Å². The number of aliphatic hydroxyl groups is 8. The quantitative estimate of drug-likeness (QED) is 0.0206. The number of carbonyl (C=O) groups is 1. The first-order valence-corrected chi connectivity index (χ1v) is 28.1. The van der Waals surface area contributed by atoms with Gasteiger partial charge in [0.1, 0.15) is 48.8 Å². The molecule has 0 spiro atoms. The van der Waals surface area contributed by atoms with E-state index in [-0.39, 0.29) is 12.5 Å². The molecule has 12 atom stereocenters. The Morgan fingerprint density at radius 3 is 1.46 bits per heavy atom. The zero-order valence-electron chi connectivity index (χ0n) is 43.3. The largest absolute Gasteiger partial charge is 0.394 e. The average molecular weight is 986 g/mol. The second kappa shape index (κ2) is 41.9. The lowest BCUT2D eigenvalue weighted by molar-refractivity contribution is -0.359. The van der Waals surface area contributed by atoms with Gasteiger partial charge in [0.15, 0.2) is 12.6 Å². The minimum atomic E-state index is -1.78. The van der Waals surface area contributed by atoms with Crippen LogP contribution in [0, 0.1) is 0 Å². The fraction of sp³-hybridized carbons (Fsp3) is 0.909. The zero-order chi connectivity index (χ0) is 50.3. The molecule has 2 rings (SSSR count). The number of carbonyl (C=O) groups excluding carboxylic acids is 1. The molecule has 2 aliphatic heterocycles. The summed E-state index contributed by atoms with van der Waals surface area (Å²) in [7, 11) is 0. The molecular weight excluding hydrogens is 883 g/mol. The topological polar surface area (TPSA) is 228 Å². The summed E-state index contributed by atoms with van der Waals surface area (Å²) in [6.45, 7) is 2.85. The SMILES string of the molecule is CCCCCC/C=C\C/C=C\CCCCCCCCCC(=O)NC(COC1OC(CO)C(OC2OC(CO)C(O)C(O)C2O)C(O)C1O)C(O)CCCCCCCCCCCCCCCCCCC. The molecule has 0 radical (unpaired) electrons. The first-order chi connectivity index (χ1) is 33.6. The molecular formula is C55H103NO13. The van der Waals surface area contributed by atoms with Gasteiger partial charge < -0.3 is 65.1 Å². The van der Waals surface area contributed by atoms with Crippen molar-refractivity contribution >= 4 is 5.91 Å². The summed E-state index contributed by atoms with van der Waals surface area (Å²) in [5.41, 5.74) is 0. The predicted octanol–water partition coefficient (Wildman–Crippen LogP) is 8.50. The molecule has 14 heteroatoms. The monoisotopic (exact) mass is 986 g/mol. The lowest BCUT2D eigenvalue weighted by Gasteiger charge is -2.46. The van der Waals surface area contributed by atoms with Crippen molar-refractivity contribution in [2.24, 2.45) is 0 Å². The predicted molar refractivity (Wildman–Crippen MR) is 272 cm³/mol. The van der Waals surface area contributed by atoms with Crippen LogP contribution >= 0.6 is 0 Å². The van der Waals surface area contributed by atoms with Crippen molar-refractivity contribution in [1.29, 1.82) is 0 Å². The van der Waals surface area contributed by atoms with E-state index in [4.69, 9.17) is 18.9 Å². The normalized spacial score (nSPS) is 26.3. The summed E-state index contributed by atoms with van der Waals surface area (Å²) in [6, 6.07) is -0.831. The van der Waals surface area contributed by atoms with Gasteiger partial charge in [-0.2, -0.15) is 0 Å². The van der Waals surface area contributed by atoms with E-state index in [0.29, 0.717) is 19.3 Å². The highest BCUT2D eigenvalue weighted by atomic mass is 16.7. The lowest BCUT2D eigenvalue weighted by Crippen LogP contribution is -2.65. The molecule has 2 fully saturated rings. The van der Waals surface area contributed by atoms with E-state index in [2.05, 4.69) is 43.5 Å². The van der Waals surface area contributed by atoms with Gasteiger partial charge in [-0.15, -0.1) is 0 Å². The van der Waals surface area contributed by atoms with Gasteiger partial charge in [0.25, 0.3) is 0 Å². The molecule has 0 saturated carbocycles. The Balaban J connectivity index is 1.79. The summed E-state index contributed by atoms with van der Waals surface area (Å²) in [5, 5.41) is 87.1. The second-order valence-electron chi connectivity index (χ2n) is 20.1. The molecule has 2 aliphatic rings. The van der Waals surface area contributed by atoms with Gasteiger partial charge in [0.2, 0.25) is 5.91 Å². The van der Waals surface area contributed by atoms with Gasteiger partial charge >= 0.3 is 0 Å². The highest BCUT2D eigenvalue weighted by Gasteiger charge is 2.51. The highest BCUT2D eigenvalue weighted by Crippen LogP contribution is 2.30. The van der Waals surface area contributed by atoms with Crippen molar-refractivity contribution in [3.63, 3.8) is 0 Å². The summed E-state index contributed by atoms with van der Waals surface area (Å²) in [5.74, 6) is -0.213. The number of rotatable bonds is 44. The third-order valence-electron chi connectivity index (χ3n) is 13.9. The minimum absolute atomic E-state index is 0.213. The number of ether oxygens (including phenoxy) is 4. The Bertz CT molecular complexity index is 1260. The van der Waals surface area contributed by atoms with Crippen LogP contribution in [0.3, 0.4) is 0 Å². The van der Waals surface area contributed by atoms with Crippen LogP contribution in [0.25, 0.3) is 0 Å². The van der Waals surface area contributed by atoms with Crippen molar-refractivity contribution in [3.8, 4) is 0 Å². The number of hydrogen-bond donors (Lipinski definition) is 9. The van der Waals surface area contributed by atoms with Crippen LogP contribution in [0.4, 0.5) is 0 Å². The van der Waals surface area contributed by atoms with Crippen molar-refractivity contribution < 1.29 is 64.6 Å². The van der Waals surface area contributed by atoms with Crippen LogP contribution in [0.1, 0.15) is 226 Å². The second-order valence-corrected chi connectivity index (χ2v) is 20.1.